The van der Waals surface area contributed by atoms with Crippen LogP contribution in [0, 0.1) is 26.7 Å². The molecule has 11 nitrogen and oxygen atoms in total. The number of nitrogens with zero attached hydrogens (tertiary/aromatic N) is 2. The van der Waals surface area contributed by atoms with Crippen LogP contribution < -0.4 is 4.74 Å². The standard InChI is InChI=1S/C29H36N2O9/c1-16(2)26(36)39-27(25(34)35)40-28(37)30(24(33)21-11-10-12-22(38-9)19(21)5)31(29(6,7)8)23(32)20-14-17(3)13-18(4)15-20/h10-16,27H,1-9H3,(H,34,35). The van der Waals surface area contributed by atoms with E-state index in [1.165, 1.54) is 33.1 Å². The van der Waals surface area contributed by atoms with E-state index >= 15 is 0 Å². The molecule has 2 aromatic carbocycles. The van der Waals surface area contributed by atoms with Crippen molar-refractivity contribution in [3.05, 3.63) is 64.2 Å². The zero-order chi connectivity index (χ0) is 30.5. The van der Waals surface area contributed by atoms with Gasteiger partial charge < -0.3 is 19.3 Å². The molecule has 0 spiro atoms. The first-order valence-electron chi connectivity index (χ1n) is 12.5. The number of methoxy groups -OCH3 is 1. The normalized spacial score (nSPS) is 11.8. The quantitative estimate of drug-likeness (QED) is 0.293. The number of hydrogen-bond acceptors (Lipinski definition) is 8. The van der Waals surface area contributed by atoms with E-state index in [-0.39, 0.29) is 11.1 Å². The average Bonchev–Trinajstić information content (AvgIpc) is 2.84. The van der Waals surface area contributed by atoms with Crippen LogP contribution in [0.2, 0.25) is 0 Å². The highest BCUT2D eigenvalue weighted by Gasteiger charge is 2.43. The van der Waals surface area contributed by atoms with Crippen molar-refractivity contribution in [1.29, 1.82) is 0 Å². The van der Waals surface area contributed by atoms with Crippen LogP contribution in [0.25, 0.3) is 0 Å². The number of aryl methyl sites for hydroxylation is 2. The van der Waals surface area contributed by atoms with Gasteiger partial charge >= 0.3 is 24.3 Å². The summed E-state index contributed by atoms with van der Waals surface area (Å²) in [5.74, 6) is -4.83. The molecule has 0 aliphatic heterocycles. The minimum Gasteiger partial charge on any atom is -0.496 e. The Labute approximate surface area is 233 Å². The van der Waals surface area contributed by atoms with Gasteiger partial charge in [0, 0.05) is 16.7 Å². The number of amides is 3. The molecule has 0 aliphatic carbocycles. The molecule has 3 amide bonds. The lowest BCUT2D eigenvalue weighted by Gasteiger charge is -2.41. The molecule has 1 atom stereocenters. The molecule has 2 aromatic rings. The van der Waals surface area contributed by atoms with Crippen LogP contribution in [0.4, 0.5) is 4.79 Å². The predicted octanol–water partition coefficient (Wildman–Crippen LogP) is 4.67. The van der Waals surface area contributed by atoms with Gasteiger partial charge in [0.05, 0.1) is 18.6 Å². The van der Waals surface area contributed by atoms with E-state index in [2.05, 4.69) is 0 Å². The van der Waals surface area contributed by atoms with Crippen molar-refractivity contribution in [1.82, 2.24) is 10.0 Å². The second-order valence-electron chi connectivity index (χ2n) is 10.6. The van der Waals surface area contributed by atoms with E-state index < -0.39 is 47.6 Å². The average molecular weight is 557 g/mol. The Balaban J connectivity index is 2.74. The third-order valence-corrected chi connectivity index (χ3v) is 5.70. The minimum absolute atomic E-state index is 0.00942. The van der Waals surface area contributed by atoms with Crippen LogP contribution in [-0.2, 0) is 19.1 Å². The molecule has 1 N–H and O–H groups in total. The maximum atomic E-state index is 14.0. The number of carbonyl (C=O) groups is 5. The fraction of sp³-hybridized carbons (Fsp3) is 0.414. The second kappa shape index (κ2) is 12.6. The summed E-state index contributed by atoms with van der Waals surface area (Å²) in [6.45, 7) is 12.9. The van der Waals surface area contributed by atoms with E-state index in [0.29, 0.717) is 16.3 Å². The summed E-state index contributed by atoms with van der Waals surface area (Å²) in [5, 5.41) is 10.9. The van der Waals surface area contributed by atoms with Gasteiger partial charge in [-0.25, -0.2) is 14.6 Å². The fourth-order valence-electron chi connectivity index (χ4n) is 3.86. The van der Waals surface area contributed by atoms with Gasteiger partial charge in [-0.1, -0.05) is 37.1 Å². The van der Waals surface area contributed by atoms with E-state index in [0.717, 1.165) is 16.1 Å². The van der Waals surface area contributed by atoms with Gasteiger partial charge in [-0.15, -0.1) is 5.01 Å². The SMILES string of the molecule is COc1cccc(C(=O)N(C(=O)OC(OC(=O)C(C)C)C(=O)O)N(C(=O)c2cc(C)cc(C)c2)C(C)(C)C)c1C. The van der Waals surface area contributed by atoms with E-state index in [1.54, 1.807) is 59.7 Å². The second-order valence-corrected chi connectivity index (χ2v) is 10.6. The number of carboxylic acids is 1. The van der Waals surface area contributed by atoms with Gasteiger partial charge in [0.25, 0.3) is 11.8 Å². The number of hydrogen-bond donors (Lipinski definition) is 1. The Morgan fingerprint density at radius 1 is 0.875 bits per heavy atom. The molecule has 0 saturated heterocycles. The first-order chi connectivity index (χ1) is 18.5. The fourth-order valence-corrected chi connectivity index (χ4v) is 3.86. The molecule has 11 heteroatoms. The molecule has 0 radical (unpaired) electrons. The Morgan fingerprint density at radius 2 is 1.45 bits per heavy atom. The number of ether oxygens (including phenoxy) is 3. The van der Waals surface area contributed by atoms with Crippen LogP contribution in [0.5, 0.6) is 5.75 Å². The number of rotatable bonds is 7. The summed E-state index contributed by atoms with van der Waals surface area (Å²) in [6, 6.07) is 9.63. The molecule has 0 saturated carbocycles. The largest absolute Gasteiger partial charge is 0.496 e. The van der Waals surface area contributed by atoms with Crippen molar-refractivity contribution in [2.24, 2.45) is 5.92 Å². The lowest BCUT2D eigenvalue weighted by Crippen LogP contribution is -2.61. The zero-order valence-corrected chi connectivity index (χ0v) is 24.2. The minimum atomic E-state index is -2.37. The highest BCUT2D eigenvalue weighted by Crippen LogP contribution is 2.28. The molecular weight excluding hydrogens is 520 g/mol. The van der Waals surface area contributed by atoms with Crippen LogP contribution in [-0.4, -0.2) is 63.9 Å². The Morgan fingerprint density at radius 3 is 1.93 bits per heavy atom. The molecule has 216 valence electrons. The van der Waals surface area contributed by atoms with Crippen molar-refractivity contribution in [2.75, 3.05) is 7.11 Å². The summed E-state index contributed by atoms with van der Waals surface area (Å²) < 4.78 is 15.2. The van der Waals surface area contributed by atoms with Crippen molar-refractivity contribution in [3.63, 3.8) is 0 Å². The van der Waals surface area contributed by atoms with Crippen molar-refractivity contribution in [2.45, 2.75) is 67.2 Å². The molecule has 0 heterocycles. The lowest BCUT2D eigenvalue weighted by atomic mass is 10.0. The molecule has 1 unspecified atom stereocenters. The third-order valence-electron chi connectivity index (χ3n) is 5.70. The summed E-state index contributed by atoms with van der Waals surface area (Å²) in [7, 11) is 1.41. The van der Waals surface area contributed by atoms with E-state index in [9.17, 15) is 29.1 Å². The van der Waals surface area contributed by atoms with E-state index in [1.807, 2.05) is 6.07 Å². The van der Waals surface area contributed by atoms with Crippen molar-refractivity contribution >= 4 is 29.8 Å². The van der Waals surface area contributed by atoms with Crippen molar-refractivity contribution < 1.29 is 43.3 Å². The van der Waals surface area contributed by atoms with Gasteiger partial charge in [-0.05, 0) is 65.8 Å². The Bertz CT molecular complexity index is 1290. The van der Waals surface area contributed by atoms with E-state index in [4.69, 9.17) is 14.2 Å². The first kappa shape index (κ1) is 31.8. The summed E-state index contributed by atoms with van der Waals surface area (Å²) in [5.41, 5.74) is 0.872. The Kier molecular flexibility index (Phi) is 10.0. The van der Waals surface area contributed by atoms with Crippen molar-refractivity contribution in [3.8, 4) is 5.75 Å². The number of esters is 1. The van der Waals surface area contributed by atoms with Crippen LogP contribution in [0.15, 0.2) is 36.4 Å². The number of benzene rings is 2. The number of carbonyl (C=O) groups excluding carboxylic acids is 4. The monoisotopic (exact) mass is 556 g/mol. The summed E-state index contributed by atoms with van der Waals surface area (Å²) >= 11 is 0. The Hall–Kier alpha value is -4.41. The highest BCUT2D eigenvalue weighted by molar-refractivity contribution is 6.07. The molecule has 2 rings (SSSR count). The molecule has 0 aromatic heterocycles. The zero-order valence-electron chi connectivity index (χ0n) is 24.2. The molecular formula is C29H36N2O9. The summed E-state index contributed by atoms with van der Waals surface area (Å²) in [4.78, 5) is 65.6. The number of imide groups is 1. The maximum absolute atomic E-state index is 14.0. The highest BCUT2D eigenvalue weighted by atomic mass is 16.7. The first-order valence-corrected chi connectivity index (χ1v) is 12.5. The lowest BCUT2D eigenvalue weighted by molar-refractivity contribution is -0.191. The van der Waals surface area contributed by atoms with Gasteiger partial charge in [0.1, 0.15) is 5.75 Å². The van der Waals surface area contributed by atoms with Gasteiger partial charge in [-0.3, -0.25) is 14.4 Å². The molecule has 0 bridgehead atoms. The van der Waals surface area contributed by atoms with Gasteiger partial charge in [-0.2, -0.15) is 0 Å². The number of carboxylic acid groups (broad SMARTS) is 1. The van der Waals surface area contributed by atoms with Crippen LogP contribution >= 0.6 is 0 Å². The van der Waals surface area contributed by atoms with Crippen LogP contribution in [0.3, 0.4) is 0 Å². The molecule has 40 heavy (non-hydrogen) atoms. The number of hydrazine groups is 1. The topological polar surface area (TPSA) is 140 Å². The molecule has 0 aliphatic rings. The van der Waals surface area contributed by atoms with Crippen LogP contribution in [0.1, 0.15) is 72.0 Å². The number of aliphatic carboxylic acids is 1. The van der Waals surface area contributed by atoms with Gasteiger partial charge in [0.2, 0.25) is 0 Å². The molecule has 0 fully saturated rings. The van der Waals surface area contributed by atoms with Gasteiger partial charge in [0.15, 0.2) is 0 Å². The predicted molar refractivity (Wildman–Crippen MR) is 145 cm³/mol. The third kappa shape index (κ3) is 7.37. The maximum Gasteiger partial charge on any atom is 0.440 e. The smallest absolute Gasteiger partial charge is 0.440 e. The summed E-state index contributed by atoms with van der Waals surface area (Å²) in [6.07, 6.45) is -3.91.